The van der Waals surface area contributed by atoms with Crippen molar-refractivity contribution in [3.63, 3.8) is 0 Å². The molecular weight excluding hydrogens is 488 g/mol. The summed E-state index contributed by atoms with van der Waals surface area (Å²) >= 11 is 5.76. The zero-order valence-electron chi connectivity index (χ0n) is 17.4. The Morgan fingerprint density at radius 3 is 2.36 bits per heavy atom. The van der Waals surface area contributed by atoms with Crippen molar-refractivity contribution in [2.75, 3.05) is 11.6 Å². The Balaban J connectivity index is 0.000000696. The van der Waals surface area contributed by atoms with Gasteiger partial charge in [-0.15, -0.1) is 0 Å². The lowest BCUT2D eigenvalue weighted by molar-refractivity contribution is 0.0944. The Labute approximate surface area is 191 Å². The molecule has 3 aromatic rings. The normalized spacial score (nSPS) is 10.9. The van der Waals surface area contributed by atoms with E-state index in [1.807, 2.05) is 0 Å². The van der Waals surface area contributed by atoms with E-state index in [0.29, 0.717) is 29.8 Å². The van der Waals surface area contributed by atoms with Crippen molar-refractivity contribution in [2.45, 2.75) is 20.4 Å². The maximum atomic E-state index is 13.3. The highest BCUT2D eigenvalue weighted by molar-refractivity contribution is 7.85. The zero-order valence-corrected chi connectivity index (χ0v) is 18.9. The quantitative estimate of drug-likeness (QED) is 0.303. The molecule has 3 rings (SSSR count). The number of hydrogen-bond donors (Lipinski definition) is 4. The SMILES string of the molecule is CS(=O)(=O)O.Cc1noc(C)c1CNC(=O)c1cc(NC(=O)c2cc(F)c(F)cc2Cl)n[nH]1. The third kappa shape index (κ3) is 7.62. The summed E-state index contributed by atoms with van der Waals surface area (Å²) < 4.78 is 57.3. The highest BCUT2D eigenvalue weighted by Crippen LogP contribution is 2.21. The van der Waals surface area contributed by atoms with Crippen LogP contribution < -0.4 is 10.6 Å². The highest BCUT2D eigenvalue weighted by atomic mass is 35.5. The number of aromatic nitrogens is 3. The largest absolute Gasteiger partial charge is 0.361 e. The smallest absolute Gasteiger partial charge is 0.269 e. The van der Waals surface area contributed by atoms with E-state index in [1.54, 1.807) is 13.8 Å². The number of amides is 2. The first kappa shape index (κ1) is 25.9. The first-order valence-electron chi connectivity index (χ1n) is 8.90. The molecule has 0 aliphatic carbocycles. The van der Waals surface area contributed by atoms with Crippen molar-refractivity contribution in [3.8, 4) is 0 Å². The van der Waals surface area contributed by atoms with Crippen LogP contribution in [0.25, 0.3) is 0 Å². The molecule has 0 saturated carbocycles. The van der Waals surface area contributed by atoms with Gasteiger partial charge in [0.1, 0.15) is 11.5 Å². The van der Waals surface area contributed by atoms with Crippen LogP contribution in [0, 0.1) is 25.5 Å². The molecule has 0 saturated heterocycles. The molecule has 0 spiro atoms. The number of carbonyl (C=O) groups is 2. The van der Waals surface area contributed by atoms with Crippen LogP contribution in [-0.4, -0.2) is 46.4 Å². The van der Waals surface area contributed by atoms with E-state index in [9.17, 15) is 26.8 Å². The van der Waals surface area contributed by atoms with Gasteiger partial charge in [-0.25, -0.2) is 8.78 Å². The Morgan fingerprint density at radius 2 is 1.79 bits per heavy atom. The van der Waals surface area contributed by atoms with Crippen LogP contribution in [0.2, 0.25) is 5.02 Å². The lowest BCUT2D eigenvalue weighted by atomic mass is 10.2. The van der Waals surface area contributed by atoms with Gasteiger partial charge in [-0.1, -0.05) is 16.8 Å². The predicted octanol–water partition coefficient (Wildman–Crippen LogP) is 2.63. The van der Waals surface area contributed by atoms with Gasteiger partial charge in [0.15, 0.2) is 17.5 Å². The zero-order chi connectivity index (χ0) is 24.9. The summed E-state index contributed by atoms with van der Waals surface area (Å²) in [6.45, 7) is 3.69. The molecule has 0 fully saturated rings. The highest BCUT2D eigenvalue weighted by Gasteiger charge is 2.18. The monoisotopic (exact) mass is 505 g/mol. The van der Waals surface area contributed by atoms with E-state index in [2.05, 4.69) is 26.0 Å². The molecule has 15 heteroatoms. The van der Waals surface area contributed by atoms with E-state index in [4.69, 9.17) is 20.7 Å². The summed E-state index contributed by atoms with van der Waals surface area (Å²) in [4.78, 5) is 24.4. The minimum absolute atomic E-state index is 0.00767. The lowest BCUT2D eigenvalue weighted by Crippen LogP contribution is -2.23. The maximum Gasteiger partial charge on any atom is 0.269 e. The summed E-state index contributed by atoms with van der Waals surface area (Å²) in [7, 11) is -3.67. The third-order valence-electron chi connectivity index (χ3n) is 3.93. The van der Waals surface area contributed by atoms with E-state index in [-0.39, 0.29) is 28.6 Å². The van der Waals surface area contributed by atoms with Crippen LogP contribution >= 0.6 is 11.6 Å². The molecule has 2 heterocycles. The summed E-state index contributed by atoms with van der Waals surface area (Å²) in [5.41, 5.74) is 1.24. The molecule has 2 aromatic heterocycles. The van der Waals surface area contributed by atoms with Crippen LogP contribution in [0.3, 0.4) is 0 Å². The standard InChI is InChI=1S/C17H14ClF2N5O3.CH4O3S/c1-7-10(8(2)28-25-7)6-21-17(27)14-5-15(24-23-14)22-16(26)9-3-12(19)13(20)4-11(9)18;1-5(2,3)4/h3-5H,6H2,1-2H3,(H,21,27)(H2,22,23,24,26);1H3,(H,2,3,4). The fraction of sp³-hybridized carbons (Fsp3) is 0.222. The van der Waals surface area contributed by atoms with Gasteiger partial charge in [0.05, 0.1) is 22.5 Å². The summed E-state index contributed by atoms with van der Waals surface area (Å²) in [6, 6.07) is 2.66. The predicted molar refractivity (Wildman–Crippen MR) is 113 cm³/mol. The minimum atomic E-state index is -3.67. The van der Waals surface area contributed by atoms with Crippen LogP contribution in [0.15, 0.2) is 22.7 Å². The molecule has 2 amide bonds. The van der Waals surface area contributed by atoms with Crippen molar-refractivity contribution in [1.82, 2.24) is 20.7 Å². The first-order valence-corrected chi connectivity index (χ1v) is 11.1. The molecule has 178 valence electrons. The molecule has 0 atom stereocenters. The number of H-pyrrole nitrogens is 1. The second-order valence-electron chi connectivity index (χ2n) is 6.59. The number of hydrogen-bond acceptors (Lipinski definition) is 7. The molecule has 33 heavy (non-hydrogen) atoms. The fourth-order valence-electron chi connectivity index (χ4n) is 2.40. The van der Waals surface area contributed by atoms with Gasteiger partial charge in [0.25, 0.3) is 21.9 Å². The molecule has 0 aliphatic rings. The Morgan fingerprint density at radius 1 is 1.18 bits per heavy atom. The van der Waals surface area contributed by atoms with Gasteiger partial charge >= 0.3 is 0 Å². The van der Waals surface area contributed by atoms with Crippen molar-refractivity contribution >= 4 is 39.4 Å². The van der Waals surface area contributed by atoms with E-state index < -0.39 is 33.6 Å². The second kappa shape index (κ2) is 10.5. The first-order chi connectivity index (χ1) is 15.3. The van der Waals surface area contributed by atoms with E-state index >= 15 is 0 Å². The number of carbonyl (C=O) groups excluding carboxylic acids is 2. The Kier molecular flexibility index (Phi) is 8.24. The number of halogens is 3. The molecule has 1 aromatic carbocycles. The maximum absolute atomic E-state index is 13.3. The van der Waals surface area contributed by atoms with Gasteiger partial charge in [-0.05, 0) is 26.0 Å². The average molecular weight is 506 g/mol. The number of aromatic amines is 1. The summed E-state index contributed by atoms with van der Waals surface area (Å²) in [6.07, 6.45) is 0.715. The molecular formula is C18H18ClF2N5O6S. The van der Waals surface area contributed by atoms with Crippen LogP contribution in [0.5, 0.6) is 0 Å². The number of rotatable bonds is 5. The van der Waals surface area contributed by atoms with Crippen LogP contribution in [0.4, 0.5) is 14.6 Å². The van der Waals surface area contributed by atoms with Crippen molar-refractivity contribution < 1.29 is 35.9 Å². The fourth-order valence-corrected chi connectivity index (χ4v) is 2.64. The van der Waals surface area contributed by atoms with Gasteiger partial charge in [-0.2, -0.15) is 13.5 Å². The van der Waals surface area contributed by atoms with Gasteiger partial charge in [0.2, 0.25) is 0 Å². The van der Waals surface area contributed by atoms with Gasteiger partial charge < -0.3 is 15.2 Å². The van der Waals surface area contributed by atoms with E-state index in [0.717, 1.165) is 5.56 Å². The number of nitrogens with zero attached hydrogens (tertiary/aromatic N) is 2. The molecule has 11 nitrogen and oxygen atoms in total. The summed E-state index contributed by atoms with van der Waals surface area (Å²) in [5.74, 6) is -3.06. The lowest BCUT2D eigenvalue weighted by Gasteiger charge is -2.05. The van der Waals surface area contributed by atoms with E-state index in [1.165, 1.54) is 6.07 Å². The number of benzene rings is 1. The Bertz CT molecular complexity index is 1260. The molecule has 0 bridgehead atoms. The van der Waals surface area contributed by atoms with Gasteiger partial charge in [0, 0.05) is 18.2 Å². The number of aryl methyl sites for hydroxylation is 2. The minimum Gasteiger partial charge on any atom is -0.361 e. The molecule has 0 unspecified atom stereocenters. The summed E-state index contributed by atoms with van der Waals surface area (Å²) in [5, 5.41) is 14.8. The van der Waals surface area contributed by atoms with Crippen LogP contribution in [-0.2, 0) is 16.7 Å². The van der Waals surface area contributed by atoms with Gasteiger partial charge in [-0.3, -0.25) is 19.2 Å². The van der Waals surface area contributed by atoms with Crippen molar-refractivity contribution in [3.05, 3.63) is 63.1 Å². The topological polar surface area (TPSA) is 167 Å². The van der Waals surface area contributed by atoms with Crippen molar-refractivity contribution in [2.24, 2.45) is 0 Å². The second-order valence-corrected chi connectivity index (χ2v) is 8.46. The average Bonchev–Trinajstić information content (AvgIpc) is 3.28. The number of anilines is 1. The van der Waals surface area contributed by atoms with Crippen LogP contribution in [0.1, 0.15) is 37.9 Å². The molecule has 4 N–H and O–H groups in total. The molecule has 0 aliphatic heterocycles. The Hall–Kier alpha value is -3.36. The third-order valence-corrected chi connectivity index (χ3v) is 4.24. The van der Waals surface area contributed by atoms with Crippen molar-refractivity contribution in [1.29, 1.82) is 0 Å². The molecule has 0 radical (unpaired) electrons. The number of nitrogens with one attached hydrogen (secondary N) is 3.